The molecule has 0 saturated carbocycles. The quantitative estimate of drug-likeness (QED) is 0.862. The average Bonchev–Trinajstić information content (AvgIpc) is 2.72. The first-order valence-corrected chi connectivity index (χ1v) is 6.31. The highest BCUT2D eigenvalue weighted by molar-refractivity contribution is 5.23. The van der Waals surface area contributed by atoms with Gasteiger partial charge in [0, 0.05) is 13.1 Å². The van der Waals surface area contributed by atoms with Gasteiger partial charge in [-0.2, -0.15) is 0 Å². The predicted octanol–water partition coefficient (Wildman–Crippen LogP) is 2.18. The summed E-state index contributed by atoms with van der Waals surface area (Å²) in [6.07, 6.45) is 1.26. The Morgan fingerprint density at radius 1 is 1.47 bits per heavy atom. The topological polar surface area (TPSA) is 15.3 Å². The highest BCUT2D eigenvalue weighted by atomic mass is 19.1. The number of aryl methyl sites for hydroxylation is 1. The molecule has 1 aliphatic rings. The summed E-state index contributed by atoms with van der Waals surface area (Å²) in [4.78, 5) is 2.45. The van der Waals surface area contributed by atoms with Gasteiger partial charge in [-0.1, -0.05) is 12.1 Å². The lowest BCUT2D eigenvalue weighted by molar-refractivity contribution is 0.315. The molecule has 1 N–H and O–H groups in total. The lowest BCUT2D eigenvalue weighted by Crippen LogP contribution is -2.24. The first kappa shape index (κ1) is 12.5. The second-order valence-corrected chi connectivity index (χ2v) is 5.03. The van der Waals surface area contributed by atoms with Crippen LogP contribution < -0.4 is 5.32 Å². The largest absolute Gasteiger partial charge is 0.319 e. The highest BCUT2D eigenvalue weighted by Gasteiger charge is 2.21. The standard InChI is InChI=1S/C14H21FN2/c1-11-7-12(3-4-14(11)15)9-17-6-5-13(10-17)8-16-2/h3-4,7,13,16H,5-6,8-10H2,1-2H3. The maximum absolute atomic E-state index is 13.2. The van der Waals surface area contributed by atoms with Crippen LogP contribution in [-0.2, 0) is 6.54 Å². The molecular weight excluding hydrogens is 215 g/mol. The summed E-state index contributed by atoms with van der Waals surface area (Å²) in [6.45, 7) is 6.17. The summed E-state index contributed by atoms with van der Waals surface area (Å²) in [6, 6.07) is 5.43. The zero-order chi connectivity index (χ0) is 12.3. The number of hydrogen-bond donors (Lipinski definition) is 1. The smallest absolute Gasteiger partial charge is 0.126 e. The third kappa shape index (κ3) is 3.27. The molecule has 2 rings (SSSR count). The SMILES string of the molecule is CNCC1CCN(Cc2ccc(F)c(C)c2)C1. The number of hydrogen-bond acceptors (Lipinski definition) is 2. The molecule has 1 unspecified atom stereocenters. The number of benzene rings is 1. The van der Waals surface area contributed by atoms with Crippen molar-refractivity contribution in [3.8, 4) is 0 Å². The first-order chi connectivity index (χ1) is 8.19. The van der Waals surface area contributed by atoms with Crippen molar-refractivity contribution in [2.75, 3.05) is 26.7 Å². The minimum absolute atomic E-state index is 0.108. The third-order valence-corrected chi connectivity index (χ3v) is 3.49. The van der Waals surface area contributed by atoms with Crippen molar-refractivity contribution in [2.24, 2.45) is 5.92 Å². The summed E-state index contributed by atoms with van der Waals surface area (Å²) < 4.78 is 13.2. The molecule has 0 aliphatic carbocycles. The number of nitrogens with one attached hydrogen (secondary N) is 1. The van der Waals surface area contributed by atoms with Gasteiger partial charge in [-0.25, -0.2) is 4.39 Å². The third-order valence-electron chi connectivity index (χ3n) is 3.49. The zero-order valence-electron chi connectivity index (χ0n) is 10.7. The Balaban J connectivity index is 1.91. The molecule has 17 heavy (non-hydrogen) atoms. The Kier molecular flexibility index (Phi) is 4.13. The van der Waals surface area contributed by atoms with E-state index in [0.29, 0.717) is 0 Å². The van der Waals surface area contributed by atoms with Crippen molar-refractivity contribution < 1.29 is 4.39 Å². The van der Waals surface area contributed by atoms with E-state index in [1.807, 2.05) is 26.1 Å². The van der Waals surface area contributed by atoms with E-state index in [2.05, 4.69) is 10.2 Å². The van der Waals surface area contributed by atoms with E-state index in [-0.39, 0.29) is 5.82 Å². The number of nitrogens with zero attached hydrogens (tertiary/aromatic N) is 1. The van der Waals surface area contributed by atoms with E-state index in [4.69, 9.17) is 0 Å². The average molecular weight is 236 g/mol. The lowest BCUT2D eigenvalue weighted by Gasteiger charge is -2.16. The van der Waals surface area contributed by atoms with E-state index in [0.717, 1.165) is 37.7 Å². The van der Waals surface area contributed by atoms with Crippen molar-refractivity contribution in [3.05, 3.63) is 35.1 Å². The maximum atomic E-state index is 13.2. The van der Waals surface area contributed by atoms with Crippen LogP contribution in [-0.4, -0.2) is 31.6 Å². The van der Waals surface area contributed by atoms with E-state index < -0.39 is 0 Å². The van der Waals surface area contributed by atoms with Crippen LogP contribution in [0.25, 0.3) is 0 Å². The minimum atomic E-state index is -0.108. The number of rotatable bonds is 4. The van der Waals surface area contributed by atoms with Crippen molar-refractivity contribution in [1.29, 1.82) is 0 Å². The Morgan fingerprint density at radius 2 is 2.29 bits per heavy atom. The van der Waals surface area contributed by atoms with Crippen LogP contribution in [0.3, 0.4) is 0 Å². The number of likely N-dealkylation sites (tertiary alicyclic amines) is 1. The molecule has 1 aromatic rings. The van der Waals surface area contributed by atoms with Gasteiger partial charge in [0.1, 0.15) is 5.82 Å². The molecule has 0 spiro atoms. The molecule has 0 radical (unpaired) electrons. The molecule has 3 heteroatoms. The fourth-order valence-electron chi connectivity index (χ4n) is 2.58. The van der Waals surface area contributed by atoms with Gasteiger partial charge < -0.3 is 5.32 Å². The van der Waals surface area contributed by atoms with E-state index in [1.165, 1.54) is 12.0 Å². The Morgan fingerprint density at radius 3 is 3.00 bits per heavy atom. The molecule has 1 heterocycles. The van der Waals surface area contributed by atoms with Gasteiger partial charge >= 0.3 is 0 Å². The molecule has 1 aromatic carbocycles. The Hall–Kier alpha value is -0.930. The minimum Gasteiger partial charge on any atom is -0.319 e. The van der Waals surface area contributed by atoms with Crippen LogP contribution >= 0.6 is 0 Å². The number of halogens is 1. The fraction of sp³-hybridized carbons (Fsp3) is 0.571. The van der Waals surface area contributed by atoms with Gasteiger partial charge in [-0.05, 0) is 56.6 Å². The maximum Gasteiger partial charge on any atom is 0.126 e. The van der Waals surface area contributed by atoms with Gasteiger partial charge in [0.25, 0.3) is 0 Å². The summed E-state index contributed by atoms with van der Waals surface area (Å²) in [5.41, 5.74) is 1.96. The molecule has 0 bridgehead atoms. The van der Waals surface area contributed by atoms with Gasteiger partial charge in [-0.3, -0.25) is 4.90 Å². The summed E-state index contributed by atoms with van der Waals surface area (Å²) >= 11 is 0. The van der Waals surface area contributed by atoms with Gasteiger partial charge in [0.2, 0.25) is 0 Å². The molecule has 0 aromatic heterocycles. The van der Waals surface area contributed by atoms with Crippen LogP contribution in [0.4, 0.5) is 4.39 Å². The van der Waals surface area contributed by atoms with Gasteiger partial charge in [0.05, 0.1) is 0 Å². The van der Waals surface area contributed by atoms with Crippen LogP contribution in [0, 0.1) is 18.7 Å². The molecule has 1 fully saturated rings. The summed E-state index contributed by atoms with van der Waals surface area (Å²) in [5.74, 6) is 0.657. The van der Waals surface area contributed by atoms with Crippen LogP contribution in [0.2, 0.25) is 0 Å². The molecule has 1 atom stereocenters. The Bertz CT molecular complexity index is 378. The normalized spacial score (nSPS) is 21.0. The molecule has 2 nitrogen and oxygen atoms in total. The van der Waals surface area contributed by atoms with E-state index >= 15 is 0 Å². The molecule has 94 valence electrons. The lowest BCUT2D eigenvalue weighted by atomic mass is 10.1. The van der Waals surface area contributed by atoms with Crippen molar-refractivity contribution in [2.45, 2.75) is 19.9 Å². The Labute approximate surface area is 103 Å². The van der Waals surface area contributed by atoms with Crippen LogP contribution in [0.15, 0.2) is 18.2 Å². The van der Waals surface area contributed by atoms with Crippen molar-refractivity contribution in [3.63, 3.8) is 0 Å². The van der Waals surface area contributed by atoms with Gasteiger partial charge in [0.15, 0.2) is 0 Å². The first-order valence-electron chi connectivity index (χ1n) is 6.31. The van der Waals surface area contributed by atoms with Crippen LogP contribution in [0.5, 0.6) is 0 Å². The van der Waals surface area contributed by atoms with E-state index in [9.17, 15) is 4.39 Å². The molecule has 1 saturated heterocycles. The monoisotopic (exact) mass is 236 g/mol. The molecule has 0 amide bonds. The second kappa shape index (κ2) is 5.61. The fourth-order valence-corrected chi connectivity index (χ4v) is 2.58. The van der Waals surface area contributed by atoms with Crippen molar-refractivity contribution >= 4 is 0 Å². The zero-order valence-corrected chi connectivity index (χ0v) is 10.7. The summed E-state index contributed by atoms with van der Waals surface area (Å²) in [5, 5.41) is 3.23. The molecule has 1 aliphatic heterocycles. The van der Waals surface area contributed by atoms with E-state index in [1.54, 1.807) is 6.07 Å². The second-order valence-electron chi connectivity index (χ2n) is 5.03. The van der Waals surface area contributed by atoms with Crippen LogP contribution in [0.1, 0.15) is 17.5 Å². The van der Waals surface area contributed by atoms with Gasteiger partial charge in [-0.15, -0.1) is 0 Å². The predicted molar refractivity (Wildman–Crippen MR) is 68.4 cm³/mol. The highest BCUT2D eigenvalue weighted by Crippen LogP contribution is 2.19. The van der Waals surface area contributed by atoms with Crippen molar-refractivity contribution in [1.82, 2.24) is 10.2 Å². The summed E-state index contributed by atoms with van der Waals surface area (Å²) in [7, 11) is 2.01. The molecular formula is C14H21FN2.